The first-order chi connectivity index (χ1) is 22.3. The number of amides is 2. The molecule has 0 spiro atoms. The van der Waals surface area contributed by atoms with Gasteiger partial charge in [0, 0.05) is 29.1 Å². The maximum atomic E-state index is 14.7. The summed E-state index contributed by atoms with van der Waals surface area (Å²) in [5.74, 6) is -0.909. The van der Waals surface area contributed by atoms with E-state index in [9.17, 15) is 18.0 Å². The standard InChI is InChI=1S/C37H41Cl2N3O4S/c1-6-28(5)40-37(44)35(21-29-10-8-7-9-11-29)41(23-30-15-16-31(38)22-33(30)39)36(43)24-42(34-19-14-26(3)20-27(34)4)47(45,46)32-17-12-25(2)13-18-32/h7-20,22,28,35H,6,21,23-24H2,1-5H3,(H,40,44)/t28-,35-/m0/s1. The lowest BCUT2D eigenvalue weighted by molar-refractivity contribution is -0.140. The largest absolute Gasteiger partial charge is 0.352 e. The molecule has 0 saturated heterocycles. The Morgan fingerprint density at radius 3 is 2.13 bits per heavy atom. The summed E-state index contributed by atoms with van der Waals surface area (Å²) in [7, 11) is -4.21. The van der Waals surface area contributed by atoms with Crippen LogP contribution in [0.2, 0.25) is 10.0 Å². The van der Waals surface area contributed by atoms with Gasteiger partial charge in [0.05, 0.1) is 10.6 Å². The van der Waals surface area contributed by atoms with Crippen LogP contribution < -0.4 is 9.62 Å². The van der Waals surface area contributed by atoms with Gasteiger partial charge in [-0.25, -0.2) is 8.42 Å². The summed E-state index contributed by atoms with van der Waals surface area (Å²) in [6, 6.07) is 25.2. The van der Waals surface area contributed by atoms with E-state index in [0.29, 0.717) is 33.3 Å². The predicted molar refractivity (Wildman–Crippen MR) is 190 cm³/mol. The number of carbonyl (C=O) groups excluding carboxylic acids is 2. The minimum atomic E-state index is -4.21. The molecule has 47 heavy (non-hydrogen) atoms. The maximum Gasteiger partial charge on any atom is 0.264 e. The summed E-state index contributed by atoms with van der Waals surface area (Å²) in [4.78, 5) is 30.2. The predicted octanol–water partition coefficient (Wildman–Crippen LogP) is 7.67. The van der Waals surface area contributed by atoms with Crippen molar-refractivity contribution in [3.8, 4) is 0 Å². The van der Waals surface area contributed by atoms with Crippen LogP contribution >= 0.6 is 23.2 Å². The molecule has 10 heteroatoms. The fraction of sp³-hybridized carbons (Fsp3) is 0.297. The minimum Gasteiger partial charge on any atom is -0.352 e. The van der Waals surface area contributed by atoms with Gasteiger partial charge in [0.25, 0.3) is 10.0 Å². The van der Waals surface area contributed by atoms with Crippen LogP contribution in [0.25, 0.3) is 0 Å². The SMILES string of the molecule is CC[C@H](C)NC(=O)[C@H](Cc1ccccc1)N(Cc1ccc(Cl)cc1Cl)C(=O)CN(c1ccc(C)cc1C)S(=O)(=O)c1ccc(C)cc1. The molecule has 0 radical (unpaired) electrons. The Morgan fingerprint density at radius 1 is 0.851 bits per heavy atom. The number of hydrogen-bond donors (Lipinski definition) is 1. The van der Waals surface area contributed by atoms with Crippen LogP contribution in [0, 0.1) is 20.8 Å². The van der Waals surface area contributed by atoms with Crippen molar-refractivity contribution in [3.63, 3.8) is 0 Å². The molecule has 0 unspecified atom stereocenters. The van der Waals surface area contributed by atoms with Crippen molar-refractivity contribution in [2.75, 3.05) is 10.8 Å². The third-order valence-corrected chi connectivity index (χ3v) is 10.5. The first-order valence-corrected chi connectivity index (χ1v) is 17.7. The summed E-state index contributed by atoms with van der Waals surface area (Å²) < 4.78 is 29.8. The summed E-state index contributed by atoms with van der Waals surface area (Å²) in [6.07, 6.45) is 0.893. The first-order valence-electron chi connectivity index (χ1n) is 15.5. The van der Waals surface area contributed by atoms with Gasteiger partial charge in [0.15, 0.2) is 0 Å². The second-order valence-corrected chi connectivity index (χ2v) is 14.6. The third kappa shape index (κ3) is 9.15. The minimum absolute atomic E-state index is 0.0500. The van der Waals surface area contributed by atoms with Crippen LogP contribution in [0.5, 0.6) is 0 Å². The van der Waals surface area contributed by atoms with Crippen LogP contribution in [-0.2, 0) is 32.6 Å². The third-order valence-electron chi connectivity index (χ3n) is 8.14. The fourth-order valence-corrected chi connectivity index (χ4v) is 7.21. The summed E-state index contributed by atoms with van der Waals surface area (Å²) in [5.41, 5.74) is 4.33. The number of anilines is 1. The van der Waals surface area contributed by atoms with E-state index in [2.05, 4.69) is 5.32 Å². The van der Waals surface area contributed by atoms with Crippen molar-refractivity contribution in [2.24, 2.45) is 0 Å². The average molecular weight is 695 g/mol. The fourth-order valence-electron chi connectivity index (χ4n) is 5.26. The van der Waals surface area contributed by atoms with Gasteiger partial charge in [-0.05, 0) is 81.1 Å². The number of sulfonamides is 1. The molecule has 2 atom stereocenters. The highest BCUT2D eigenvalue weighted by atomic mass is 35.5. The van der Waals surface area contributed by atoms with Gasteiger partial charge in [-0.2, -0.15) is 0 Å². The van der Waals surface area contributed by atoms with E-state index in [4.69, 9.17) is 23.2 Å². The van der Waals surface area contributed by atoms with E-state index in [-0.39, 0.29) is 29.8 Å². The number of hydrogen-bond acceptors (Lipinski definition) is 4. The molecule has 4 aromatic rings. The van der Waals surface area contributed by atoms with Gasteiger partial charge in [0.1, 0.15) is 12.6 Å². The Hall–Kier alpha value is -3.85. The lowest BCUT2D eigenvalue weighted by atomic mass is 10.0. The van der Waals surface area contributed by atoms with Crippen LogP contribution in [0.1, 0.15) is 48.1 Å². The number of carbonyl (C=O) groups is 2. The molecule has 4 rings (SSSR count). The molecule has 2 amide bonds. The maximum absolute atomic E-state index is 14.7. The summed E-state index contributed by atoms with van der Waals surface area (Å²) >= 11 is 12.8. The van der Waals surface area contributed by atoms with Crippen LogP contribution in [0.15, 0.2) is 95.9 Å². The van der Waals surface area contributed by atoms with Crippen molar-refractivity contribution >= 4 is 50.7 Å². The Morgan fingerprint density at radius 2 is 1.51 bits per heavy atom. The van der Waals surface area contributed by atoms with Gasteiger partial charge < -0.3 is 10.2 Å². The van der Waals surface area contributed by atoms with E-state index >= 15 is 0 Å². The lowest BCUT2D eigenvalue weighted by Gasteiger charge is -2.35. The van der Waals surface area contributed by atoms with E-state index in [0.717, 1.165) is 21.0 Å². The Balaban J connectivity index is 1.85. The molecule has 4 aromatic carbocycles. The van der Waals surface area contributed by atoms with Gasteiger partial charge >= 0.3 is 0 Å². The summed E-state index contributed by atoms with van der Waals surface area (Å²) in [6.45, 7) is 8.87. The van der Waals surface area contributed by atoms with E-state index in [1.807, 2.05) is 77.1 Å². The highest BCUT2D eigenvalue weighted by Gasteiger charge is 2.35. The highest BCUT2D eigenvalue weighted by molar-refractivity contribution is 7.92. The Bertz CT molecular complexity index is 1820. The van der Waals surface area contributed by atoms with E-state index < -0.39 is 28.5 Å². The normalized spacial score (nSPS) is 12.7. The van der Waals surface area contributed by atoms with Crippen LogP contribution in [0.3, 0.4) is 0 Å². The molecule has 7 nitrogen and oxygen atoms in total. The number of nitrogens with zero attached hydrogens (tertiary/aromatic N) is 2. The highest BCUT2D eigenvalue weighted by Crippen LogP contribution is 2.30. The molecule has 248 valence electrons. The number of nitrogens with one attached hydrogen (secondary N) is 1. The van der Waals surface area contributed by atoms with Crippen molar-refractivity contribution in [1.29, 1.82) is 0 Å². The summed E-state index contributed by atoms with van der Waals surface area (Å²) in [5, 5.41) is 3.79. The van der Waals surface area contributed by atoms with Gasteiger partial charge in [-0.15, -0.1) is 0 Å². The molecule has 0 aliphatic carbocycles. The monoisotopic (exact) mass is 693 g/mol. The number of rotatable bonds is 13. The molecular formula is C37H41Cl2N3O4S. The quantitative estimate of drug-likeness (QED) is 0.156. The van der Waals surface area contributed by atoms with Crippen LogP contribution in [-0.4, -0.2) is 43.8 Å². The second-order valence-electron chi connectivity index (χ2n) is 11.9. The number of halogens is 2. The van der Waals surface area contributed by atoms with Gasteiger partial charge in [-0.3, -0.25) is 13.9 Å². The smallest absolute Gasteiger partial charge is 0.264 e. The molecule has 0 saturated carbocycles. The van der Waals surface area contributed by atoms with Crippen molar-refractivity contribution in [1.82, 2.24) is 10.2 Å². The van der Waals surface area contributed by atoms with Crippen LogP contribution in [0.4, 0.5) is 5.69 Å². The lowest BCUT2D eigenvalue weighted by Crippen LogP contribution is -2.54. The molecule has 0 aliphatic rings. The second kappa shape index (κ2) is 15.8. The van der Waals surface area contributed by atoms with E-state index in [1.165, 1.54) is 17.0 Å². The zero-order valence-corrected chi connectivity index (χ0v) is 29.7. The average Bonchev–Trinajstić information content (AvgIpc) is 3.03. The molecule has 1 N–H and O–H groups in total. The number of benzene rings is 4. The first kappa shape index (κ1) is 36.0. The molecule has 0 fully saturated rings. The molecule has 0 heterocycles. The van der Waals surface area contributed by atoms with Crippen molar-refractivity contribution in [2.45, 2.75) is 71.0 Å². The van der Waals surface area contributed by atoms with Crippen molar-refractivity contribution < 1.29 is 18.0 Å². The Kier molecular flexibility index (Phi) is 12.1. The van der Waals surface area contributed by atoms with Gasteiger partial charge in [-0.1, -0.05) is 102 Å². The van der Waals surface area contributed by atoms with Crippen molar-refractivity contribution in [3.05, 3.63) is 129 Å². The topological polar surface area (TPSA) is 86.8 Å². The molecule has 0 aromatic heterocycles. The zero-order chi connectivity index (χ0) is 34.3. The molecular weight excluding hydrogens is 653 g/mol. The van der Waals surface area contributed by atoms with Gasteiger partial charge in [0.2, 0.25) is 11.8 Å². The number of aryl methyl sites for hydroxylation is 3. The molecule has 0 bridgehead atoms. The van der Waals surface area contributed by atoms with E-state index in [1.54, 1.807) is 36.4 Å². The molecule has 0 aliphatic heterocycles. The Labute approximate surface area is 288 Å². The zero-order valence-electron chi connectivity index (χ0n) is 27.3.